The first-order valence-electron chi connectivity index (χ1n) is 6.14. The standard InChI is InChI=1S/C14H15N5O/c1-10(12-5-3-11(7-15)4-6-12)17-14(20)18-13-8-16-19(2)9-13/h3-6,8-10H,1-2H3,(H2,17,18,20). The van der Waals surface area contributed by atoms with Crippen LogP contribution in [0.3, 0.4) is 0 Å². The van der Waals surface area contributed by atoms with Crippen molar-refractivity contribution in [3.63, 3.8) is 0 Å². The number of anilines is 1. The number of hydrogen-bond acceptors (Lipinski definition) is 3. The lowest BCUT2D eigenvalue weighted by molar-refractivity contribution is 0.249. The van der Waals surface area contributed by atoms with Gasteiger partial charge >= 0.3 is 6.03 Å². The second kappa shape index (κ2) is 5.89. The van der Waals surface area contributed by atoms with E-state index in [1.807, 2.05) is 19.1 Å². The van der Waals surface area contributed by atoms with Crippen molar-refractivity contribution in [1.29, 1.82) is 5.26 Å². The van der Waals surface area contributed by atoms with Gasteiger partial charge in [0.2, 0.25) is 0 Å². The van der Waals surface area contributed by atoms with E-state index >= 15 is 0 Å². The van der Waals surface area contributed by atoms with Crippen molar-refractivity contribution in [1.82, 2.24) is 15.1 Å². The van der Waals surface area contributed by atoms with E-state index in [0.29, 0.717) is 11.3 Å². The highest BCUT2D eigenvalue weighted by molar-refractivity contribution is 5.89. The zero-order valence-electron chi connectivity index (χ0n) is 11.3. The fourth-order valence-corrected chi connectivity index (χ4v) is 1.78. The molecule has 102 valence electrons. The number of aryl methyl sites for hydroxylation is 1. The van der Waals surface area contributed by atoms with Gasteiger partial charge in [-0.25, -0.2) is 4.79 Å². The summed E-state index contributed by atoms with van der Waals surface area (Å²) < 4.78 is 1.61. The van der Waals surface area contributed by atoms with Gasteiger partial charge in [0.15, 0.2) is 0 Å². The largest absolute Gasteiger partial charge is 0.331 e. The Balaban J connectivity index is 1.94. The lowest BCUT2D eigenvalue weighted by Gasteiger charge is -2.14. The van der Waals surface area contributed by atoms with E-state index in [0.717, 1.165) is 5.56 Å². The van der Waals surface area contributed by atoms with Gasteiger partial charge in [0.05, 0.1) is 29.6 Å². The zero-order valence-corrected chi connectivity index (χ0v) is 11.3. The number of aromatic nitrogens is 2. The molecule has 1 heterocycles. The molecular weight excluding hydrogens is 254 g/mol. The molecule has 2 amide bonds. The van der Waals surface area contributed by atoms with Gasteiger partial charge in [0.1, 0.15) is 0 Å². The van der Waals surface area contributed by atoms with Crippen LogP contribution in [0.2, 0.25) is 0 Å². The molecule has 0 saturated carbocycles. The number of carbonyl (C=O) groups is 1. The van der Waals surface area contributed by atoms with E-state index in [1.165, 1.54) is 0 Å². The Labute approximate surface area is 117 Å². The first kappa shape index (κ1) is 13.6. The average Bonchev–Trinajstić information content (AvgIpc) is 2.84. The van der Waals surface area contributed by atoms with Crippen molar-refractivity contribution in [2.75, 3.05) is 5.32 Å². The second-order valence-electron chi connectivity index (χ2n) is 4.46. The lowest BCUT2D eigenvalue weighted by Crippen LogP contribution is -2.31. The third kappa shape index (κ3) is 3.36. The van der Waals surface area contributed by atoms with Crippen LogP contribution in [0.5, 0.6) is 0 Å². The molecule has 0 aliphatic rings. The molecule has 1 aromatic heterocycles. The maximum absolute atomic E-state index is 11.8. The summed E-state index contributed by atoms with van der Waals surface area (Å²) in [7, 11) is 1.78. The molecule has 2 N–H and O–H groups in total. The smallest absolute Gasteiger partial charge is 0.319 e. The molecule has 0 fully saturated rings. The second-order valence-corrected chi connectivity index (χ2v) is 4.46. The molecule has 0 spiro atoms. The van der Waals surface area contributed by atoms with E-state index in [4.69, 9.17) is 5.26 Å². The van der Waals surface area contributed by atoms with E-state index in [-0.39, 0.29) is 12.1 Å². The van der Waals surface area contributed by atoms with Crippen LogP contribution >= 0.6 is 0 Å². The van der Waals surface area contributed by atoms with Gasteiger partial charge in [0, 0.05) is 13.2 Å². The summed E-state index contributed by atoms with van der Waals surface area (Å²) in [4.78, 5) is 11.8. The van der Waals surface area contributed by atoms with E-state index in [9.17, 15) is 4.79 Å². The third-order valence-corrected chi connectivity index (χ3v) is 2.85. The van der Waals surface area contributed by atoms with Crippen molar-refractivity contribution in [2.45, 2.75) is 13.0 Å². The predicted octanol–water partition coefficient (Wildman–Crippen LogP) is 2.17. The summed E-state index contributed by atoms with van der Waals surface area (Å²) in [5, 5.41) is 18.2. The number of rotatable bonds is 3. The Bertz CT molecular complexity index is 638. The van der Waals surface area contributed by atoms with Crippen LogP contribution in [-0.4, -0.2) is 15.8 Å². The van der Waals surface area contributed by atoms with Gasteiger partial charge in [-0.3, -0.25) is 4.68 Å². The van der Waals surface area contributed by atoms with Gasteiger partial charge in [-0.2, -0.15) is 10.4 Å². The van der Waals surface area contributed by atoms with Crippen molar-refractivity contribution in [3.05, 3.63) is 47.8 Å². The Morgan fingerprint density at radius 1 is 1.40 bits per heavy atom. The van der Waals surface area contributed by atoms with E-state index in [1.54, 1.807) is 36.3 Å². The molecule has 0 saturated heterocycles. The summed E-state index contributed by atoms with van der Waals surface area (Å²) in [5.74, 6) is 0. The normalized spacial score (nSPS) is 11.4. The fraction of sp³-hybridized carbons (Fsp3) is 0.214. The van der Waals surface area contributed by atoms with Gasteiger partial charge in [-0.05, 0) is 24.6 Å². The van der Waals surface area contributed by atoms with Gasteiger partial charge in [-0.1, -0.05) is 12.1 Å². The Hall–Kier alpha value is -2.81. The molecule has 0 radical (unpaired) electrons. The number of nitrogens with one attached hydrogen (secondary N) is 2. The summed E-state index contributed by atoms with van der Waals surface area (Å²) >= 11 is 0. The molecule has 6 heteroatoms. The third-order valence-electron chi connectivity index (χ3n) is 2.85. The molecule has 2 aromatic rings. The van der Waals surface area contributed by atoms with Crippen molar-refractivity contribution >= 4 is 11.7 Å². The number of amides is 2. The zero-order chi connectivity index (χ0) is 14.5. The topological polar surface area (TPSA) is 82.7 Å². The highest BCUT2D eigenvalue weighted by Crippen LogP contribution is 2.13. The lowest BCUT2D eigenvalue weighted by atomic mass is 10.1. The molecule has 1 aromatic carbocycles. The molecule has 0 aliphatic heterocycles. The van der Waals surface area contributed by atoms with Gasteiger partial charge < -0.3 is 10.6 Å². The monoisotopic (exact) mass is 269 g/mol. The maximum atomic E-state index is 11.8. The molecule has 1 atom stereocenters. The van der Waals surface area contributed by atoms with Crippen LogP contribution in [-0.2, 0) is 7.05 Å². The highest BCUT2D eigenvalue weighted by atomic mass is 16.2. The van der Waals surface area contributed by atoms with Crippen LogP contribution in [0.1, 0.15) is 24.1 Å². The summed E-state index contributed by atoms with van der Waals surface area (Å²) in [5.41, 5.74) is 2.17. The Kier molecular flexibility index (Phi) is 4.01. The minimum atomic E-state index is -0.296. The minimum absolute atomic E-state index is 0.153. The van der Waals surface area contributed by atoms with Crippen molar-refractivity contribution < 1.29 is 4.79 Å². The molecule has 2 rings (SSSR count). The number of hydrogen-bond donors (Lipinski definition) is 2. The number of nitriles is 1. The summed E-state index contributed by atoms with van der Waals surface area (Å²) in [6.45, 7) is 1.88. The SMILES string of the molecule is CC(NC(=O)Nc1cnn(C)c1)c1ccc(C#N)cc1. The first-order chi connectivity index (χ1) is 9.58. The van der Waals surface area contributed by atoms with E-state index in [2.05, 4.69) is 21.8 Å². The van der Waals surface area contributed by atoms with Gasteiger partial charge in [0.25, 0.3) is 0 Å². The minimum Gasteiger partial charge on any atom is -0.331 e. The van der Waals surface area contributed by atoms with Crippen LogP contribution in [0.15, 0.2) is 36.7 Å². The predicted molar refractivity (Wildman–Crippen MR) is 74.9 cm³/mol. The van der Waals surface area contributed by atoms with Crippen LogP contribution in [0.4, 0.5) is 10.5 Å². The summed E-state index contributed by atoms with van der Waals surface area (Å²) in [6.07, 6.45) is 3.29. The average molecular weight is 269 g/mol. The Morgan fingerprint density at radius 3 is 2.65 bits per heavy atom. The van der Waals surface area contributed by atoms with Crippen molar-refractivity contribution in [2.24, 2.45) is 7.05 Å². The molecule has 1 unspecified atom stereocenters. The maximum Gasteiger partial charge on any atom is 0.319 e. The number of carbonyl (C=O) groups excluding carboxylic acids is 1. The highest BCUT2D eigenvalue weighted by Gasteiger charge is 2.10. The quantitative estimate of drug-likeness (QED) is 0.895. The number of urea groups is 1. The molecule has 0 aliphatic carbocycles. The van der Waals surface area contributed by atoms with Gasteiger partial charge in [-0.15, -0.1) is 0 Å². The Morgan fingerprint density at radius 2 is 2.10 bits per heavy atom. The van der Waals surface area contributed by atoms with Crippen molar-refractivity contribution in [3.8, 4) is 6.07 Å². The first-order valence-corrected chi connectivity index (χ1v) is 6.14. The van der Waals surface area contributed by atoms with E-state index < -0.39 is 0 Å². The number of benzene rings is 1. The van der Waals surface area contributed by atoms with Crippen LogP contribution in [0, 0.1) is 11.3 Å². The summed E-state index contributed by atoms with van der Waals surface area (Å²) in [6, 6.07) is 8.72. The van der Waals surface area contributed by atoms with Crippen LogP contribution in [0.25, 0.3) is 0 Å². The van der Waals surface area contributed by atoms with Crippen LogP contribution < -0.4 is 10.6 Å². The molecule has 6 nitrogen and oxygen atoms in total. The molecule has 0 bridgehead atoms. The molecular formula is C14H15N5O. The molecule has 20 heavy (non-hydrogen) atoms. The fourth-order valence-electron chi connectivity index (χ4n) is 1.78. The number of nitrogens with zero attached hydrogens (tertiary/aromatic N) is 3.